The maximum atomic E-state index is 5.91. The highest BCUT2D eigenvalue weighted by molar-refractivity contribution is 5.71. The second-order valence-electron chi connectivity index (χ2n) is 4.19. The van der Waals surface area contributed by atoms with Gasteiger partial charge in [-0.25, -0.2) is 9.97 Å². The Kier molecular flexibility index (Phi) is 3.09. The van der Waals surface area contributed by atoms with E-state index in [1.54, 1.807) is 0 Å². The molecule has 0 saturated carbocycles. The Labute approximate surface area is 102 Å². The summed E-state index contributed by atoms with van der Waals surface area (Å²) >= 11 is 0. The van der Waals surface area contributed by atoms with Crippen molar-refractivity contribution in [3.63, 3.8) is 0 Å². The number of aryl methyl sites for hydroxylation is 1. The van der Waals surface area contributed by atoms with Gasteiger partial charge in [0.05, 0.1) is 5.69 Å². The Morgan fingerprint density at radius 1 is 1.18 bits per heavy atom. The van der Waals surface area contributed by atoms with Crippen LogP contribution in [0.4, 0.5) is 5.82 Å². The molecule has 1 aromatic carbocycles. The molecule has 1 heterocycles. The average Bonchev–Trinajstić information content (AvgIpc) is 2.32. The third kappa shape index (κ3) is 2.00. The largest absolute Gasteiger partial charge is 0.383 e. The van der Waals surface area contributed by atoms with Crippen LogP contribution in [-0.4, -0.2) is 9.97 Å². The number of rotatable bonds is 2. The number of hydrogen-bond acceptors (Lipinski definition) is 3. The summed E-state index contributed by atoms with van der Waals surface area (Å²) in [6.07, 6.45) is 2.38. The van der Waals surface area contributed by atoms with E-state index in [2.05, 4.69) is 48.9 Å². The van der Waals surface area contributed by atoms with Crippen molar-refractivity contribution in [1.82, 2.24) is 9.97 Å². The summed E-state index contributed by atoms with van der Waals surface area (Å²) in [4.78, 5) is 8.45. The summed E-state index contributed by atoms with van der Waals surface area (Å²) in [7, 11) is 0. The lowest BCUT2D eigenvalue weighted by atomic mass is 9.97. The van der Waals surface area contributed by atoms with Crippen molar-refractivity contribution in [2.75, 3.05) is 5.73 Å². The zero-order chi connectivity index (χ0) is 12.4. The first-order valence-electron chi connectivity index (χ1n) is 5.81. The monoisotopic (exact) mass is 227 g/mol. The minimum atomic E-state index is 0.582. The lowest BCUT2D eigenvalue weighted by Crippen LogP contribution is -2.02. The van der Waals surface area contributed by atoms with Crippen molar-refractivity contribution in [3.05, 3.63) is 41.2 Å². The van der Waals surface area contributed by atoms with Gasteiger partial charge in [-0.3, -0.25) is 0 Å². The lowest BCUT2D eigenvalue weighted by Gasteiger charge is -2.12. The molecule has 0 amide bonds. The standard InChI is InChI=1S/C14H17N3/c1-4-11-13(16-8-17-14(11)15)12-7-5-6-9(2)10(12)3/h5-8H,4H2,1-3H3,(H2,15,16,17). The predicted molar refractivity (Wildman–Crippen MR) is 70.7 cm³/mol. The highest BCUT2D eigenvalue weighted by Crippen LogP contribution is 2.28. The van der Waals surface area contributed by atoms with Crippen LogP contribution < -0.4 is 5.73 Å². The van der Waals surface area contributed by atoms with E-state index in [0.717, 1.165) is 23.2 Å². The van der Waals surface area contributed by atoms with Crippen LogP contribution in [-0.2, 0) is 6.42 Å². The number of benzene rings is 1. The molecule has 0 unspecified atom stereocenters. The van der Waals surface area contributed by atoms with Crippen molar-refractivity contribution in [2.45, 2.75) is 27.2 Å². The number of nitrogen functional groups attached to an aromatic ring is 1. The Morgan fingerprint density at radius 2 is 1.94 bits per heavy atom. The molecule has 0 spiro atoms. The predicted octanol–water partition coefficient (Wildman–Crippen LogP) is 2.91. The second-order valence-corrected chi connectivity index (χ2v) is 4.19. The first-order chi connectivity index (χ1) is 8.15. The van der Waals surface area contributed by atoms with Gasteiger partial charge in [-0.2, -0.15) is 0 Å². The van der Waals surface area contributed by atoms with Crippen molar-refractivity contribution in [3.8, 4) is 11.3 Å². The fraction of sp³-hybridized carbons (Fsp3) is 0.286. The van der Waals surface area contributed by atoms with Crippen LogP contribution in [0.3, 0.4) is 0 Å². The van der Waals surface area contributed by atoms with Gasteiger partial charge in [-0.1, -0.05) is 25.1 Å². The maximum absolute atomic E-state index is 5.91. The summed E-state index contributed by atoms with van der Waals surface area (Å²) in [5, 5.41) is 0. The molecule has 0 radical (unpaired) electrons. The van der Waals surface area contributed by atoms with Crippen LogP contribution in [0.15, 0.2) is 24.5 Å². The zero-order valence-electron chi connectivity index (χ0n) is 10.5. The molecule has 0 aliphatic heterocycles. The lowest BCUT2D eigenvalue weighted by molar-refractivity contribution is 1.06. The normalized spacial score (nSPS) is 10.5. The maximum Gasteiger partial charge on any atom is 0.130 e. The van der Waals surface area contributed by atoms with E-state index in [-0.39, 0.29) is 0 Å². The van der Waals surface area contributed by atoms with Gasteiger partial charge in [0.15, 0.2) is 0 Å². The zero-order valence-corrected chi connectivity index (χ0v) is 10.5. The quantitative estimate of drug-likeness (QED) is 0.858. The van der Waals surface area contributed by atoms with Gasteiger partial charge >= 0.3 is 0 Å². The molecule has 88 valence electrons. The number of nitrogens with zero attached hydrogens (tertiary/aromatic N) is 2. The molecule has 2 aromatic rings. The Balaban J connectivity index is 2.68. The van der Waals surface area contributed by atoms with Gasteiger partial charge < -0.3 is 5.73 Å². The first-order valence-corrected chi connectivity index (χ1v) is 5.81. The smallest absolute Gasteiger partial charge is 0.130 e. The fourth-order valence-corrected chi connectivity index (χ4v) is 2.01. The van der Waals surface area contributed by atoms with Crippen LogP contribution in [0.25, 0.3) is 11.3 Å². The highest BCUT2D eigenvalue weighted by atomic mass is 14.9. The van der Waals surface area contributed by atoms with Crippen molar-refractivity contribution < 1.29 is 0 Å². The van der Waals surface area contributed by atoms with Crippen LogP contribution in [0.2, 0.25) is 0 Å². The van der Waals surface area contributed by atoms with E-state index in [1.165, 1.54) is 17.5 Å². The van der Waals surface area contributed by atoms with Crippen LogP contribution >= 0.6 is 0 Å². The second kappa shape index (κ2) is 4.53. The van der Waals surface area contributed by atoms with E-state index >= 15 is 0 Å². The van der Waals surface area contributed by atoms with Gasteiger partial charge in [0.1, 0.15) is 12.1 Å². The minimum absolute atomic E-state index is 0.582. The summed E-state index contributed by atoms with van der Waals surface area (Å²) in [6.45, 7) is 6.29. The van der Waals surface area contributed by atoms with Gasteiger partial charge in [0.25, 0.3) is 0 Å². The Bertz CT molecular complexity index is 547. The van der Waals surface area contributed by atoms with Crippen molar-refractivity contribution in [2.24, 2.45) is 0 Å². The number of hydrogen-bond donors (Lipinski definition) is 1. The van der Waals surface area contributed by atoms with Gasteiger partial charge in [-0.15, -0.1) is 0 Å². The third-order valence-corrected chi connectivity index (χ3v) is 3.19. The molecule has 0 aliphatic carbocycles. The minimum Gasteiger partial charge on any atom is -0.383 e. The summed E-state index contributed by atoms with van der Waals surface area (Å²) in [6, 6.07) is 6.24. The molecule has 0 atom stereocenters. The van der Waals surface area contributed by atoms with Crippen molar-refractivity contribution >= 4 is 5.82 Å². The number of anilines is 1. The summed E-state index contributed by atoms with van der Waals surface area (Å²) in [5.41, 5.74) is 11.6. The molecular weight excluding hydrogens is 210 g/mol. The fourth-order valence-electron chi connectivity index (χ4n) is 2.01. The number of nitrogens with two attached hydrogens (primary N) is 1. The first kappa shape index (κ1) is 11.6. The Hall–Kier alpha value is -1.90. The molecule has 1 aromatic heterocycles. The molecule has 0 aliphatic rings. The van der Waals surface area contributed by atoms with Gasteiger partial charge in [0, 0.05) is 11.1 Å². The van der Waals surface area contributed by atoms with E-state index in [0.29, 0.717) is 5.82 Å². The molecule has 3 nitrogen and oxygen atoms in total. The molecule has 17 heavy (non-hydrogen) atoms. The molecule has 0 saturated heterocycles. The van der Waals surface area contributed by atoms with Crippen molar-refractivity contribution in [1.29, 1.82) is 0 Å². The third-order valence-electron chi connectivity index (χ3n) is 3.19. The topological polar surface area (TPSA) is 51.8 Å². The molecule has 0 bridgehead atoms. The number of aromatic nitrogens is 2. The van der Waals surface area contributed by atoms with Crippen LogP contribution in [0.5, 0.6) is 0 Å². The SMILES string of the molecule is CCc1c(N)ncnc1-c1cccc(C)c1C. The van der Waals surface area contributed by atoms with E-state index < -0.39 is 0 Å². The van der Waals surface area contributed by atoms with Gasteiger partial charge in [-0.05, 0) is 31.4 Å². The summed E-state index contributed by atoms with van der Waals surface area (Å²) in [5.74, 6) is 0.582. The van der Waals surface area contributed by atoms with Gasteiger partial charge in [0.2, 0.25) is 0 Å². The average molecular weight is 227 g/mol. The van der Waals surface area contributed by atoms with E-state index in [4.69, 9.17) is 5.73 Å². The molecule has 2 N–H and O–H groups in total. The molecule has 3 heteroatoms. The highest BCUT2D eigenvalue weighted by Gasteiger charge is 2.12. The van der Waals surface area contributed by atoms with Crippen LogP contribution in [0.1, 0.15) is 23.6 Å². The Morgan fingerprint density at radius 3 is 2.65 bits per heavy atom. The van der Waals surface area contributed by atoms with E-state index in [9.17, 15) is 0 Å². The van der Waals surface area contributed by atoms with E-state index in [1.807, 2.05) is 0 Å². The molecular formula is C14H17N3. The summed E-state index contributed by atoms with van der Waals surface area (Å²) < 4.78 is 0. The molecule has 2 rings (SSSR count). The molecule has 0 fully saturated rings. The van der Waals surface area contributed by atoms with Crippen LogP contribution in [0, 0.1) is 13.8 Å².